The molecule has 2 heterocycles. The zero-order valence-electron chi connectivity index (χ0n) is 13.3. The number of fused-ring (bicyclic) bond motifs is 1. The Labute approximate surface area is 124 Å². The molecule has 4 heteroatoms. The molecule has 0 aromatic heterocycles. The van der Waals surface area contributed by atoms with E-state index in [-0.39, 0.29) is 6.04 Å². The second kappa shape index (κ2) is 7.40. The highest BCUT2D eigenvalue weighted by molar-refractivity contribution is 4.93. The molecular weight excluding hydrogens is 248 g/mol. The van der Waals surface area contributed by atoms with Crippen LogP contribution >= 0.6 is 0 Å². The van der Waals surface area contributed by atoms with Crippen molar-refractivity contribution in [3.63, 3.8) is 0 Å². The van der Waals surface area contributed by atoms with Gasteiger partial charge < -0.3 is 9.80 Å². The summed E-state index contributed by atoms with van der Waals surface area (Å²) in [6.07, 6.45) is 4.98. The number of nitrogens with one attached hydrogen (secondary N) is 1. The van der Waals surface area contributed by atoms with Crippen LogP contribution in [0.1, 0.15) is 39.5 Å². The maximum atomic E-state index is 9.19. The van der Waals surface area contributed by atoms with Gasteiger partial charge in [0.15, 0.2) is 0 Å². The van der Waals surface area contributed by atoms with Gasteiger partial charge in [0, 0.05) is 25.2 Å². The zero-order chi connectivity index (χ0) is 14.5. The fourth-order valence-corrected chi connectivity index (χ4v) is 3.83. The average Bonchev–Trinajstić information content (AvgIpc) is 2.43. The molecule has 3 unspecified atom stereocenters. The number of hydrogen-bond acceptors (Lipinski definition) is 4. The van der Waals surface area contributed by atoms with Crippen LogP contribution in [0.3, 0.4) is 0 Å². The molecule has 0 saturated carbocycles. The van der Waals surface area contributed by atoms with Crippen molar-refractivity contribution < 1.29 is 0 Å². The molecule has 2 rings (SSSR count). The summed E-state index contributed by atoms with van der Waals surface area (Å²) >= 11 is 0. The maximum absolute atomic E-state index is 9.19. The zero-order valence-corrected chi connectivity index (χ0v) is 13.3. The van der Waals surface area contributed by atoms with Crippen LogP contribution in [0.5, 0.6) is 0 Å². The van der Waals surface area contributed by atoms with Crippen LogP contribution in [-0.2, 0) is 0 Å². The van der Waals surface area contributed by atoms with E-state index in [2.05, 4.69) is 42.1 Å². The molecule has 0 aromatic carbocycles. The summed E-state index contributed by atoms with van der Waals surface area (Å²) in [7, 11) is 2.28. The first-order valence-corrected chi connectivity index (χ1v) is 8.18. The lowest BCUT2D eigenvalue weighted by Crippen LogP contribution is -2.53. The topological polar surface area (TPSA) is 42.3 Å². The van der Waals surface area contributed by atoms with Crippen LogP contribution in [-0.4, -0.2) is 61.2 Å². The highest BCUT2D eigenvalue weighted by Gasteiger charge is 2.34. The second-order valence-electron chi connectivity index (χ2n) is 6.83. The standard InChI is InChI=1S/C16H30N4/c1-13(2)18-15(11-17)6-9-20-10-7-16-14(12-20)5-4-8-19(16)3/h13-16,18H,4-10,12H2,1-3H3. The van der Waals surface area contributed by atoms with E-state index in [0.717, 1.165) is 24.9 Å². The largest absolute Gasteiger partial charge is 0.303 e. The SMILES string of the molecule is CC(C)NC(C#N)CCN1CCC2C(CCCN2C)C1. The second-order valence-corrected chi connectivity index (χ2v) is 6.83. The average molecular weight is 278 g/mol. The molecule has 0 spiro atoms. The molecule has 3 atom stereocenters. The Balaban J connectivity index is 1.76. The van der Waals surface area contributed by atoms with Crippen molar-refractivity contribution in [3.05, 3.63) is 0 Å². The molecular formula is C16H30N4. The van der Waals surface area contributed by atoms with Crippen molar-refractivity contribution >= 4 is 0 Å². The molecule has 2 aliphatic rings. The smallest absolute Gasteiger partial charge is 0.0967 e. The quantitative estimate of drug-likeness (QED) is 0.831. The van der Waals surface area contributed by atoms with Gasteiger partial charge in [-0.3, -0.25) is 5.32 Å². The highest BCUT2D eigenvalue weighted by Crippen LogP contribution is 2.29. The Kier molecular flexibility index (Phi) is 5.83. The first-order valence-electron chi connectivity index (χ1n) is 8.18. The fraction of sp³-hybridized carbons (Fsp3) is 0.938. The van der Waals surface area contributed by atoms with Gasteiger partial charge in [-0.1, -0.05) is 0 Å². The van der Waals surface area contributed by atoms with Gasteiger partial charge in [-0.15, -0.1) is 0 Å². The van der Waals surface area contributed by atoms with Gasteiger partial charge in [0.25, 0.3) is 0 Å². The van der Waals surface area contributed by atoms with Crippen molar-refractivity contribution in [3.8, 4) is 6.07 Å². The summed E-state index contributed by atoms with van der Waals surface area (Å²) in [6.45, 7) is 8.97. The van der Waals surface area contributed by atoms with Crippen LogP contribution in [0.2, 0.25) is 0 Å². The minimum absolute atomic E-state index is 0.00162. The van der Waals surface area contributed by atoms with E-state index in [1.165, 1.54) is 38.9 Å². The van der Waals surface area contributed by atoms with Crippen molar-refractivity contribution in [2.75, 3.05) is 33.2 Å². The molecule has 20 heavy (non-hydrogen) atoms. The van der Waals surface area contributed by atoms with Crippen molar-refractivity contribution in [2.45, 2.75) is 57.7 Å². The van der Waals surface area contributed by atoms with Crippen molar-refractivity contribution in [1.29, 1.82) is 5.26 Å². The minimum Gasteiger partial charge on any atom is -0.303 e. The fourth-order valence-electron chi connectivity index (χ4n) is 3.83. The molecule has 0 amide bonds. The summed E-state index contributed by atoms with van der Waals surface area (Å²) in [4.78, 5) is 5.14. The first kappa shape index (κ1) is 15.8. The van der Waals surface area contributed by atoms with Crippen LogP contribution in [0.15, 0.2) is 0 Å². The minimum atomic E-state index is 0.00162. The third-order valence-electron chi connectivity index (χ3n) is 4.85. The highest BCUT2D eigenvalue weighted by atomic mass is 15.2. The molecule has 4 nitrogen and oxygen atoms in total. The molecule has 0 aliphatic carbocycles. The maximum Gasteiger partial charge on any atom is 0.0967 e. The van der Waals surface area contributed by atoms with Gasteiger partial charge in [0.1, 0.15) is 0 Å². The van der Waals surface area contributed by atoms with Gasteiger partial charge in [-0.25, -0.2) is 0 Å². The van der Waals surface area contributed by atoms with E-state index < -0.39 is 0 Å². The number of nitrogens with zero attached hydrogens (tertiary/aromatic N) is 3. The Bertz CT molecular complexity index is 336. The lowest BCUT2D eigenvalue weighted by atomic mass is 9.84. The first-order chi connectivity index (χ1) is 9.60. The predicted molar refractivity (Wildman–Crippen MR) is 82.5 cm³/mol. The Morgan fingerprint density at radius 3 is 2.80 bits per heavy atom. The van der Waals surface area contributed by atoms with E-state index in [1.807, 2.05) is 0 Å². The summed E-state index contributed by atoms with van der Waals surface area (Å²) in [5.74, 6) is 0.848. The number of piperidine rings is 2. The van der Waals surface area contributed by atoms with Crippen molar-refractivity contribution in [1.82, 2.24) is 15.1 Å². The van der Waals surface area contributed by atoms with E-state index >= 15 is 0 Å². The molecule has 1 N–H and O–H groups in total. The predicted octanol–water partition coefficient (Wildman–Crippen LogP) is 1.68. The summed E-state index contributed by atoms with van der Waals surface area (Å²) in [5.41, 5.74) is 0. The van der Waals surface area contributed by atoms with Gasteiger partial charge in [0.05, 0.1) is 12.1 Å². The van der Waals surface area contributed by atoms with Crippen LogP contribution in [0, 0.1) is 17.2 Å². The normalized spacial score (nSPS) is 29.9. The molecule has 0 bridgehead atoms. The van der Waals surface area contributed by atoms with Crippen LogP contribution < -0.4 is 5.32 Å². The number of likely N-dealkylation sites (tertiary alicyclic amines) is 2. The van der Waals surface area contributed by atoms with Gasteiger partial charge in [-0.2, -0.15) is 5.26 Å². The summed E-state index contributed by atoms with van der Waals surface area (Å²) in [6, 6.07) is 3.58. The van der Waals surface area contributed by atoms with E-state index in [9.17, 15) is 5.26 Å². The number of rotatable bonds is 5. The Hall–Kier alpha value is -0.630. The molecule has 0 aromatic rings. The summed E-state index contributed by atoms with van der Waals surface area (Å²) < 4.78 is 0. The van der Waals surface area contributed by atoms with Gasteiger partial charge in [-0.05, 0) is 65.6 Å². The molecule has 2 fully saturated rings. The molecule has 2 saturated heterocycles. The Morgan fingerprint density at radius 1 is 1.30 bits per heavy atom. The summed E-state index contributed by atoms with van der Waals surface area (Å²) in [5, 5.41) is 12.5. The van der Waals surface area contributed by atoms with E-state index in [4.69, 9.17) is 0 Å². The van der Waals surface area contributed by atoms with E-state index in [1.54, 1.807) is 0 Å². The molecule has 114 valence electrons. The monoisotopic (exact) mass is 278 g/mol. The van der Waals surface area contributed by atoms with Crippen LogP contribution in [0.25, 0.3) is 0 Å². The third-order valence-corrected chi connectivity index (χ3v) is 4.85. The lowest BCUT2D eigenvalue weighted by molar-refractivity contribution is 0.0376. The third kappa shape index (κ3) is 4.18. The van der Waals surface area contributed by atoms with Gasteiger partial charge in [0.2, 0.25) is 0 Å². The lowest BCUT2D eigenvalue weighted by Gasteiger charge is -2.46. The van der Waals surface area contributed by atoms with E-state index in [0.29, 0.717) is 6.04 Å². The van der Waals surface area contributed by atoms with Gasteiger partial charge >= 0.3 is 0 Å². The van der Waals surface area contributed by atoms with Crippen LogP contribution in [0.4, 0.5) is 0 Å². The number of nitriles is 1. The number of hydrogen-bond donors (Lipinski definition) is 1. The Morgan fingerprint density at radius 2 is 2.10 bits per heavy atom. The molecule has 2 aliphatic heterocycles. The molecule has 0 radical (unpaired) electrons. The van der Waals surface area contributed by atoms with Crippen molar-refractivity contribution in [2.24, 2.45) is 5.92 Å².